The minimum atomic E-state index is -0.727. The number of nitrogens with two attached hydrogens (primary N) is 1. The first kappa shape index (κ1) is 9.21. The van der Waals surface area contributed by atoms with Gasteiger partial charge in [-0.3, -0.25) is 4.79 Å². The standard InChI is InChI=1S/C11H13NO2/c1-11(2)10(13)8-5-7(6-12)3-4-9(8)14-11/h3-5H,6,12H2,1-2H3. The van der Waals surface area contributed by atoms with Crippen molar-refractivity contribution in [2.45, 2.75) is 26.0 Å². The van der Waals surface area contributed by atoms with Crippen molar-refractivity contribution in [1.29, 1.82) is 0 Å². The van der Waals surface area contributed by atoms with E-state index in [0.717, 1.165) is 5.56 Å². The zero-order valence-electron chi connectivity index (χ0n) is 8.33. The van der Waals surface area contributed by atoms with Gasteiger partial charge in [0.05, 0.1) is 5.56 Å². The van der Waals surface area contributed by atoms with Crippen LogP contribution in [0.25, 0.3) is 0 Å². The summed E-state index contributed by atoms with van der Waals surface area (Å²) in [6.07, 6.45) is 0. The van der Waals surface area contributed by atoms with Gasteiger partial charge in [-0.15, -0.1) is 0 Å². The van der Waals surface area contributed by atoms with E-state index in [0.29, 0.717) is 17.9 Å². The molecule has 2 rings (SSSR count). The van der Waals surface area contributed by atoms with Gasteiger partial charge in [0, 0.05) is 6.54 Å². The Morgan fingerprint density at radius 2 is 2.14 bits per heavy atom. The number of carbonyl (C=O) groups excluding carboxylic acids is 1. The van der Waals surface area contributed by atoms with Crippen LogP contribution in [0.1, 0.15) is 29.8 Å². The maximum Gasteiger partial charge on any atom is 0.209 e. The van der Waals surface area contributed by atoms with E-state index in [1.54, 1.807) is 13.8 Å². The molecule has 2 N–H and O–H groups in total. The molecule has 0 bridgehead atoms. The van der Waals surface area contributed by atoms with Gasteiger partial charge in [0.1, 0.15) is 5.75 Å². The lowest BCUT2D eigenvalue weighted by Gasteiger charge is -2.14. The van der Waals surface area contributed by atoms with Crippen molar-refractivity contribution in [3.05, 3.63) is 29.3 Å². The summed E-state index contributed by atoms with van der Waals surface area (Å²) < 4.78 is 5.52. The molecule has 0 aromatic heterocycles. The number of fused-ring (bicyclic) bond motifs is 1. The zero-order valence-corrected chi connectivity index (χ0v) is 8.33. The summed E-state index contributed by atoms with van der Waals surface area (Å²) in [6.45, 7) is 4.00. The Hall–Kier alpha value is -1.35. The summed E-state index contributed by atoms with van der Waals surface area (Å²) in [7, 11) is 0. The van der Waals surface area contributed by atoms with Gasteiger partial charge in [0.15, 0.2) is 5.60 Å². The maximum absolute atomic E-state index is 11.8. The van der Waals surface area contributed by atoms with Crippen LogP contribution in [0.2, 0.25) is 0 Å². The molecule has 1 aliphatic heterocycles. The van der Waals surface area contributed by atoms with E-state index in [4.69, 9.17) is 10.5 Å². The molecule has 0 radical (unpaired) electrons. The van der Waals surface area contributed by atoms with Crippen LogP contribution in [0.15, 0.2) is 18.2 Å². The van der Waals surface area contributed by atoms with Gasteiger partial charge in [-0.05, 0) is 31.5 Å². The van der Waals surface area contributed by atoms with Gasteiger partial charge in [-0.25, -0.2) is 0 Å². The van der Waals surface area contributed by atoms with Crippen molar-refractivity contribution in [3.63, 3.8) is 0 Å². The van der Waals surface area contributed by atoms with Crippen LogP contribution in [0.5, 0.6) is 5.75 Å². The van der Waals surface area contributed by atoms with Crippen LogP contribution < -0.4 is 10.5 Å². The number of Topliss-reactive ketones (excluding diaryl/α,β-unsaturated/α-hetero) is 1. The number of ketones is 1. The molecule has 0 saturated heterocycles. The Labute approximate surface area is 82.9 Å². The Morgan fingerprint density at radius 3 is 2.79 bits per heavy atom. The average Bonchev–Trinajstić information content (AvgIpc) is 2.38. The molecule has 1 heterocycles. The van der Waals surface area contributed by atoms with E-state index >= 15 is 0 Å². The number of benzene rings is 1. The molecule has 1 aliphatic rings. The van der Waals surface area contributed by atoms with Gasteiger partial charge in [0.2, 0.25) is 5.78 Å². The topological polar surface area (TPSA) is 52.3 Å². The molecule has 0 aliphatic carbocycles. The zero-order chi connectivity index (χ0) is 10.3. The third kappa shape index (κ3) is 1.21. The Morgan fingerprint density at radius 1 is 1.43 bits per heavy atom. The second-order valence-corrected chi connectivity index (χ2v) is 3.98. The molecule has 0 atom stereocenters. The lowest BCUT2D eigenvalue weighted by Crippen LogP contribution is -2.31. The highest BCUT2D eigenvalue weighted by atomic mass is 16.5. The molecule has 74 valence electrons. The van der Waals surface area contributed by atoms with Crippen LogP contribution in [-0.4, -0.2) is 11.4 Å². The number of hydrogen-bond acceptors (Lipinski definition) is 3. The molecular formula is C11H13NO2. The highest BCUT2D eigenvalue weighted by Gasteiger charge is 2.39. The fraction of sp³-hybridized carbons (Fsp3) is 0.364. The van der Waals surface area contributed by atoms with Crippen LogP contribution >= 0.6 is 0 Å². The van der Waals surface area contributed by atoms with Crippen molar-refractivity contribution >= 4 is 5.78 Å². The third-order valence-corrected chi connectivity index (χ3v) is 2.44. The monoisotopic (exact) mass is 191 g/mol. The molecule has 1 aromatic carbocycles. The summed E-state index contributed by atoms with van der Waals surface area (Å²) in [6, 6.07) is 5.50. The highest BCUT2D eigenvalue weighted by molar-refractivity contribution is 6.07. The largest absolute Gasteiger partial charge is 0.479 e. The van der Waals surface area contributed by atoms with Gasteiger partial charge in [0.25, 0.3) is 0 Å². The quantitative estimate of drug-likeness (QED) is 0.731. The SMILES string of the molecule is CC1(C)Oc2ccc(CN)cc2C1=O. The molecule has 0 unspecified atom stereocenters. The van der Waals surface area contributed by atoms with E-state index in [-0.39, 0.29) is 5.78 Å². The van der Waals surface area contributed by atoms with E-state index in [1.807, 2.05) is 18.2 Å². The van der Waals surface area contributed by atoms with E-state index in [2.05, 4.69) is 0 Å². The first-order valence-electron chi connectivity index (χ1n) is 4.61. The van der Waals surface area contributed by atoms with Gasteiger partial charge < -0.3 is 10.5 Å². The predicted octanol–water partition coefficient (Wildman–Crippen LogP) is 1.50. The summed E-state index contributed by atoms with van der Waals surface area (Å²) in [5.41, 5.74) is 6.39. The molecule has 0 spiro atoms. The first-order chi connectivity index (χ1) is 6.54. The summed E-state index contributed by atoms with van der Waals surface area (Å²) in [4.78, 5) is 11.8. The third-order valence-electron chi connectivity index (χ3n) is 2.44. The molecular weight excluding hydrogens is 178 g/mol. The number of hydrogen-bond donors (Lipinski definition) is 1. The van der Waals surface area contributed by atoms with Crippen LogP contribution in [-0.2, 0) is 6.54 Å². The first-order valence-corrected chi connectivity index (χ1v) is 4.61. The normalized spacial score (nSPS) is 17.8. The van der Waals surface area contributed by atoms with Crippen molar-refractivity contribution < 1.29 is 9.53 Å². The lowest BCUT2D eigenvalue weighted by atomic mass is 9.98. The fourth-order valence-electron chi connectivity index (χ4n) is 1.62. The molecule has 0 amide bonds. The number of ether oxygens (including phenoxy) is 1. The maximum atomic E-state index is 11.8. The fourth-order valence-corrected chi connectivity index (χ4v) is 1.62. The van der Waals surface area contributed by atoms with Gasteiger partial charge in [-0.1, -0.05) is 6.07 Å². The summed E-state index contributed by atoms with van der Waals surface area (Å²) in [5.74, 6) is 0.694. The summed E-state index contributed by atoms with van der Waals surface area (Å²) in [5, 5.41) is 0. The Kier molecular flexibility index (Phi) is 1.86. The number of carbonyl (C=O) groups is 1. The second-order valence-electron chi connectivity index (χ2n) is 3.98. The molecule has 0 fully saturated rings. The minimum absolute atomic E-state index is 0.0304. The number of rotatable bonds is 1. The van der Waals surface area contributed by atoms with Crippen LogP contribution in [0, 0.1) is 0 Å². The smallest absolute Gasteiger partial charge is 0.209 e. The summed E-state index contributed by atoms with van der Waals surface area (Å²) >= 11 is 0. The highest BCUT2D eigenvalue weighted by Crippen LogP contribution is 2.34. The lowest BCUT2D eigenvalue weighted by molar-refractivity contribution is 0.0684. The van der Waals surface area contributed by atoms with Crippen molar-refractivity contribution in [2.75, 3.05) is 0 Å². The van der Waals surface area contributed by atoms with Gasteiger partial charge in [-0.2, -0.15) is 0 Å². The average molecular weight is 191 g/mol. The van der Waals surface area contributed by atoms with Crippen molar-refractivity contribution in [1.82, 2.24) is 0 Å². The second kappa shape index (κ2) is 2.82. The van der Waals surface area contributed by atoms with E-state index < -0.39 is 5.60 Å². The van der Waals surface area contributed by atoms with Crippen LogP contribution in [0.4, 0.5) is 0 Å². The van der Waals surface area contributed by atoms with E-state index in [9.17, 15) is 4.79 Å². The van der Waals surface area contributed by atoms with Crippen molar-refractivity contribution in [3.8, 4) is 5.75 Å². The van der Waals surface area contributed by atoms with Gasteiger partial charge >= 0.3 is 0 Å². The minimum Gasteiger partial charge on any atom is -0.479 e. The van der Waals surface area contributed by atoms with Crippen LogP contribution in [0.3, 0.4) is 0 Å². The molecule has 3 heteroatoms. The van der Waals surface area contributed by atoms with Crippen molar-refractivity contribution in [2.24, 2.45) is 5.73 Å². The van der Waals surface area contributed by atoms with E-state index in [1.165, 1.54) is 0 Å². The Balaban J connectivity index is 2.51. The molecule has 1 aromatic rings. The molecule has 3 nitrogen and oxygen atoms in total. The predicted molar refractivity (Wildman–Crippen MR) is 53.4 cm³/mol. The molecule has 0 saturated carbocycles. The Bertz CT molecular complexity index is 396. The molecule has 14 heavy (non-hydrogen) atoms.